The molecule has 0 N–H and O–H groups in total. The second-order valence-electron chi connectivity index (χ2n) is 21.0. The summed E-state index contributed by atoms with van der Waals surface area (Å²) in [4.78, 5) is 4.80. The molecule has 5 heterocycles. The van der Waals surface area contributed by atoms with Crippen LogP contribution in [0.2, 0.25) is 0 Å². The zero-order valence-corrected chi connectivity index (χ0v) is 45.3. The largest absolute Gasteiger partial charge is 0.309 e. The van der Waals surface area contributed by atoms with Gasteiger partial charge in [0.1, 0.15) is 6.07 Å². The monoisotopic (exact) mass is 1050 g/mol. The maximum Gasteiger partial charge on any atom is 0.100 e. The molecule has 0 radical (unpaired) electrons. The molecule has 80 heavy (non-hydrogen) atoms. The van der Waals surface area contributed by atoms with Crippen molar-refractivity contribution in [2.45, 2.75) is 13.8 Å². The molecule has 0 amide bonds. The lowest BCUT2D eigenvalue weighted by molar-refractivity contribution is 1.18. The average Bonchev–Trinajstić information content (AvgIpc) is 4.38. The van der Waals surface area contributed by atoms with Crippen molar-refractivity contribution in [2.75, 3.05) is 0 Å². The van der Waals surface area contributed by atoms with Gasteiger partial charge >= 0.3 is 0 Å². The molecule has 0 aliphatic heterocycles. The van der Waals surface area contributed by atoms with E-state index in [1.165, 1.54) is 73.0 Å². The first-order valence-electron chi connectivity index (χ1n) is 27.1. The van der Waals surface area contributed by atoms with Crippen LogP contribution in [0.15, 0.2) is 243 Å². The minimum Gasteiger partial charge on any atom is -0.309 e. The Balaban J connectivity index is 1.07. The lowest BCUT2D eigenvalue weighted by Crippen LogP contribution is -2.03. The van der Waals surface area contributed by atoms with E-state index in [1.54, 1.807) is 0 Å². The molecule has 0 bridgehead atoms. The summed E-state index contributed by atoms with van der Waals surface area (Å²) in [5, 5.41) is 22.0. The minimum absolute atomic E-state index is 0.590. The van der Waals surface area contributed by atoms with Crippen molar-refractivity contribution in [1.29, 1.82) is 5.26 Å². The van der Waals surface area contributed by atoms with Gasteiger partial charge in [0.25, 0.3) is 0 Å². The third kappa shape index (κ3) is 6.95. The highest BCUT2D eigenvalue weighted by atomic mass is 32.1. The third-order valence-electron chi connectivity index (χ3n) is 16.4. The van der Waals surface area contributed by atoms with Crippen LogP contribution in [0, 0.1) is 25.2 Å². The number of benzene rings is 11. The predicted octanol–water partition coefficient (Wildman–Crippen LogP) is 20.8. The molecule has 16 rings (SSSR count). The third-order valence-corrected chi connectivity index (χ3v) is 18.7. The molecule has 0 saturated heterocycles. The fourth-order valence-electron chi connectivity index (χ4n) is 13.0. The molecule has 0 saturated carbocycles. The number of para-hydroxylation sites is 2. The van der Waals surface area contributed by atoms with E-state index in [0.717, 1.165) is 89.1 Å². The number of hydrogen-bond donors (Lipinski definition) is 0. The van der Waals surface area contributed by atoms with Gasteiger partial charge in [-0.15, -0.1) is 22.7 Å². The standard InChI is InChI=1S/C74H46N4S2/c1-44-27-37-62-57(40-44)51-15-3-7-21-60(51)77(62)49-33-29-46(30-34-49)68-59(42-75)69(48-14-13-39-76-43-48)70(47-31-35-50(36-32-47)78-61-22-8-4-16-52(61)58-41-45(2)28-38-63(58)78)74(56-20-12-26-67-72(56)54-18-6-10-24-65(54)80-67)73(68)55-19-11-25-66-71(55)53-17-5-9-23-64(53)79-66/h3-41,43H,1-2H3. The fourth-order valence-corrected chi connectivity index (χ4v) is 15.3. The summed E-state index contributed by atoms with van der Waals surface area (Å²) in [6.07, 6.45) is 3.75. The van der Waals surface area contributed by atoms with Crippen LogP contribution in [0.25, 0.3) is 151 Å². The number of aromatic nitrogens is 3. The lowest BCUT2D eigenvalue weighted by atomic mass is 9.75. The molecule has 0 aliphatic rings. The Morgan fingerprint density at radius 1 is 0.362 bits per heavy atom. The van der Waals surface area contributed by atoms with Gasteiger partial charge < -0.3 is 9.13 Å². The molecule has 0 unspecified atom stereocenters. The minimum atomic E-state index is 0.590. The summed E-state index contributed by atoms with van der Waals surface area (Å²) in [5.41, 5.74) is 19.6. The Labute approximate surface area is 469 Å². The van der Waals surface area contributed by atoms with Crippen molar-refractivity contribution in [3.63, 3.8) is 0 Å². The number of thiophene rings is 2. The molecule has 6 heteroatoms. The summed E-state index contributed by atoms with van der Waals surface area (Å²) >= 11 is 3.65. The van der Waals surface area contributed by atoms with Gasteiger partial charge in [0.15, 0.2) is 0 Å². The number of nitriles is 1. The van der Waals surface area contributed by atoms with Crippen LogP contribution >= 0.6 is 22.7 Å². The van der Waals surface area contributed by atoms with Crippen molar-refractivity contribution in [1.82, 2.24) is 14.1 Å². The topological polar surface area (TPSA) is 46.5 Å². The van der Waals surface area contributed by atoms with E-state index in [0.29, 0.717) is 5.56 Å². The van der Waals surface area contributed by atoms with Gasteiger partial charge in [0, 0.05) is 108 Å². The fraction of sp³-hybridized carbons (Fsp3) is 0.0270. The molecule has 0 spiro atoms. The maximum atomic E-state index is 12.3. The van der Waals surface area contributed by atoms with E-state index in [4.69, 9.17) is 4.98 Å². The Kier molecular flexibility index (Phi) is 10.5. The van der Waals surface area contributed by atoms with E-state index in [-0.39, 0.29) is 0 Å². The van der Waals surface area contributed by atoms with Crippen molar-refractivity contribution in [3.8, 4) is 73.1 Å². The van der Waals surface area contributed by atoms with Gasteiger partial charge in [-0.1, -0.05) is 151 Å². The molecule has 0 aliphatic carbocycles. The van der Waals surface area contributed by atoms with E-state index >= 15 is 0 Å². The van der Waals surface area contributed by atoms with Gasteiger partial charge in [-0.2, -0.15) is 5.26 Å². The molecule has 374 valence electrons. The molecular formula is C74H46N4S2. The van der Waals surface area contributed by atoms with Gasteiger partial charge in [0.05, 0.1) is 27.6 Å². The van der Waals surface area contributed by atoms with Crippen molar-refractivity contribution < 1.29 is 0 Å². The first-order chi connectivity index (χ1) is 39.5. The predicted molar refractivity (Wildman–Crippen MR) is 340 cm³/mol. The van der Waals surface area contributed by atoms with Crippen molar-refractivity contribution >= 4 is 107 Å². The lowest BCUT2D eigenvalue weighted by Gasteiger charge is -2.27. The quantitative estimate of drug-likeness (QED) is 0.160. The van der Waals surface area contributed by atoms with Crippen molar-refractivity contribution in [3.05, 3.63) is 260 Å². The smallest absolute Gasteiger partial charge is 0.100 e. The Hall–Kier alpha value is -9.90. The summed E-state index contributed by atoms with van der Waals surface area (Å²) in [7, 11) is 0. The number of aryl methyl sites for hydroxylation is 2. The van der Waals surface area contributed by atoms with E-state index in [1.807, 2.05) is 41.1 Å². The Morgan fingerprint density at radius 2 is 0.800 bits per heavy atom. The average molecular weight is 1060 g/mol. The summed E-state index contributed by atoms with van der Waals surface area (Å²) in [6.45, 7) is 4.32. The zero-order valence-electron chi connectivity index (χ0n) is 43.7. The van der Waals surface area contributed by atoms with Gasteiger partial charge in [-0.3, -0.25) is 4.98 Å². The van der Waals surface area contributed by atoms with Crippen LogP contribution in [-0.2, 0) is 0 Å². The highest BCUT2D eigenvalue weighted by Gasteiger charge is 2.31. The Bertz CT molecular complexity index is 5260. The molecule has 4 nitrogen and oxygen atoms in total. The number of nitrogens with zero attached hydrogens (tertiary/aromatic N) is 4. The second-order valence-corrected chi connectivity index (χ2v) is 23.2. The zero-order chi connectivity index (χ0) is 53.2. The normalized spacial score (nSPS) is 11.9. The Morgan fingerprint density at radius 3 is 1.30 bits per heavy atom. The SMILES string of the molecule is Cc1ccc2c(c1)c1ccccc1n2-c1ccc(-c2c(C#N)c(-c3cccnc3)c(-c3ccc(-n4c5ccccc5c5cc(C)ccc54)cc3)c(-c3cccc4sc5ccccc5c34)c2-c2cccc3sc4ccccc4c23)cc1. The molecule has 11 aromatic carbocycles. The molecule has 0 fully saturated rings. The molecular weight excluding hydrogens is 1010 g/mol. The van der Waals surface area contributed by atoms with E-state index in [9.17, 15) is 5.26 Å². The highest BCUT2D eigenvalue weighted by molar-refractivity contribution is 7.26. The summed E-state index contributed by atoms with van der Waals surface area (Å²) < 4.78 is 9.61. The van der Waals surface area contributed by atoms with E-state index in [2.05, 4.69) is 254 Å². The van der Waals surface area contributed by atoms with E-state index < -0.39 is 0 Å². The summed E-state index contributed by atoms with van der Waals surface area (Å²) in [6, 6.07) is 87.1. The molecule has 0 atom stereocenters. The molecule has 5 aromatic heterocycles. The van der Waals surface area contributed by atoms with Crippen molar-refractivity contribution in [2.24, 2.45) is 0 Å². The molecule has 16 aromatic rings. The maximum absolute atomic E-state index is 12.3. The highest BCUT2D eigenvalue weighted by Crippen LogP contribution is 2.57. The van der Waals surface area contributed by atoms with Crippen LogP contribution in [0.5, 0.6) is 0 Å². The first-order valence-corrected chi connectivity index (χ1v) is 28.7. The number of rotatable bonds is 7. The number of pyridine rings is 1. The van der Waals surface area contributed by atoms with Crippen LogP contribution < -0.4 is 0 Å². The van der Waals surface area contributed by atoms with Gasteiger partial charge in [-0.05, 0) is 138 Å². The first kappa shape index (κ1) is 46.2. The van der Waals surface area contributed by atoms with Crippen LogP contribution in [-0.4, -0.2) is 14.1 Å². The second kappa shape index (κ2) is 18.1. The number of fused-ring (bicyclic) bond motifs is 12. The van der Waals surface area contributed by atoms with Crippen LogP contribution in [0.1, 0.15) is 16.7 Å². The summed E-state index contributed by atoms with van der Waals surface area (Å²) in [5.74, 6) is 0. The van der Waals surface area contributed by atoms with Gasteiger partial charge in [0.2, 0.25) is 0 Å². The number of hydrogen-bond acceptors (Lipinski definition) is 4. The van der Waals surface area contributed by atoms with Crippen LogP contribution in [0.3, 0.4) is 0 Å². The van der Waals surface area contributed by atoms with Gasteiger partial charge in [-0.25, -0.2) is 0 Å². The van der Waals surface area contributed by atoms with Crippen LogP contribution in [0.4, 0.5) is 0 Å².